The molecule has 1 rings (SSSR count). The molecule has 14 heavy (non-hydrogen) atoms. The highest BCUT2D eigenvalue weighted by Gasteiger charge is 1.90. The molecule has 0 aliphatic carbocycles. The highest BCUT2D eigenvalue weighted by Crippen LogP contribution is 2.06. The molecular formula is C14H18. The predicted molar refractivity (Wildman–Crippen MR) is 63.3 cm³/mol. The first-order valence-electron chi connectivity index (χ1n) is 5.25. The standard InChI is InChI=1S/C14H18/c1-2-3-4-5-6-8-11-14-12-9-7-10-13-14/h2-4,7,9-10,12-13H,1,5-6,8,11H2. The fraction of sp³-hybridized carbons (Fsp3) is 0.286. The van der Waals surface area contributed by atoms with Crippen LogP contribution >= 0.6 is 0 Å². The van der Waals surface area contributed by atoms with Gasteiger partial charge in [0.15, 0.2) is 0 Å². The summed E-state index contributed by atoms with van der Waals surface area (Å²) in [4.78, 5) is 0. The molecule has 0 N–H and O–H groups in total. The third kappa shape index (κ3) is 4.66. The van der Waals surface area contributed by atoms with Gasteiger partial charge in [0.05, 0.1) is 0 Å². The zero-order valence-electron chi connectivity index (χ0n) is 8.65. The number of benzene rings is 1. The summed E-state index contributed by atoms with van der Waals surface area (Å²) in [5.41, 5.74) is 1.44. The number of aryl methyl sites for hydroxylation is 1. The van der Waals surface area contributed by atoms with E-state index in [1.54, 1.807) is 0 Å². The van der Waals surface area contributed by atoms with Crippen LogP contribution in [0.2, 0.25) is 0 Å². The molecule has 0 saturated carbocycles. The SMILES string of the molecule is C=CC=CCCCCc1ccccc1. The molecule has 0 nitrogen and oxygen atoms in total. The van der Waals surface area contributed by atoms with Crippen molar-refractivity contribution < 1.29 is 0 Å². The lowest BCUT2D eigenvalue weighted by molar-refractivity contribution is 0.747. The summed E-state index contributed by atoms with van der Waals surface area (Å²) in [6, 6.07) is 10.7. The Kier molecular flexibility index (Phi) is 5.49. The number of allylic oxidation sites excluding steroid dienone is 3. The summed E-state index contributed by atoms with van der Waals surface area (Å²) in [5.74, 6) is 0. The Morgan fingerprint density at radius 2 is 1.86 bits per heavy atom. The van der Waals surface area contributed by atoms with Crippen LogP contribution in [0.1, 0.15) is 24.8 Å². The van der Waals surface area contributed by atoms with E-state index in [1.807, 2.05) is 12.2 Å². The third-order valence-corrected chi connectivity index (χ3v) is 2.20. The number of rotatable bonds is 6. The molecule has 0 saturated heterocycles. The van der Waals surface area contributed by atoms with Gasteiger partial charge in [-0.05, 0) is 31.2 Å². The third-order valence-electron chi connectivity index (χ3n) is 2.20. The van der Waals surface area contributed by atoms with Gasteiger partial charge >= 0.3 is 0 Å². The molecule has 0 aromatic heterocycles. The van der Waals surface area contributed by atoms with Gasteiger partial charge in [0.1, 0.15) is 0 Å². The fourth-order valence-electron chi connectivity index (χ4n) is 1.43. The topological polar surface area (TPSA) is 0 Å². The molecule has 0 unspecified atom stereocenters. The van der Waals surface area contributed by atoms with Gasteiger partial charge in [-0.15, -0.1) is 0 Å². The molecule has 1 aromatic carbocycles. The molecule has 0 fully saturated rings. The van der Waals surface area contributed by atoms with E-state index in [-0.39, 0.29) is 0 Å². The van der Waals surface area contributed by atoms with Gasteiger partial charge in [0, 0.05) is 0 Å². The van der Waals surface area contributed by atoms with Crippen LogP contribution in [0, 0.1) is 0 Å². The first-order valence-corrected chi connectivity index (χ1v) is 5.25. The second-order valence-electron chi connectivity index (χ2n) is 3.40. The van der Waals surface area contributed by atoms with E-state index < -0.39 is 0 Å². The lowest BCUT2D eigenvalue weighted by Crippen LogP contribution is -1.83. The van der Waals surface area contributed by atoms with E-state index in [0.29, 0.717) is 0 Å². The lowest BCUT2D eigenvalue weighted by atomic mass is 10.1. The summed E-state index contributed by atoms with van der Waals surface area (Å²) in [5, 5.41) is 0. The minimum Gasteiger partial charge on any atom is -0.0991 e. The highest BCUT2D eigenvalue weighted by molar-refractivity contribution is 5.14. The number of hydrogen-bond acceptors (Lipinski definition) is 0. The predicted octanol–water partition coefficient (Wildman–Crippen LogP) is 4.14. The maximum atomic E-state index is 3.64. The van der Waals surface area contributed by atoms with Gasteiger partial charge in [-0.25, -0.2) is 0 Å². The number of hydrogen-bond donors (Lipinski definition) is 0. The maximum Gasteiger partial charge on any atom is -0.0279 e. The van der Waals surface area contributed by atoms with Crippen molar-refractivity contribution >= 4 is 0 Å². The van der Waals surface area contributed by atoms with E-state index in [4.69, 9.17) is 0 Å². The van der Waals surface area contributed by atoms with E-state index in [1.165, 1.54) is 31.2 Å². The van der Waals surface area contributed by atoms with Crippen molar-refractivity contribution in [2.24, 2.45) is 0 Å². The zero-order chi connectivity index (χ0) is 10.1. The lowest BCUT2D eigenvalue weighted by Gasteiger charge is -1.98. The van der Waals surface area contributed by atoms with Crippen molar-refractivity contribution in [3.63, 3.8) is 0 Å². The van der Waals surface area contributed by atoms with Crippen LogP contribution < -0.4 is 0 Å². The molecule has 0 aliphatic rings. The summed E-state index contributed by atoms with van der Waals surface area (Å²) >= 11 is 0. The molecular weight excluding hydrogens is 168 g/mol. The molecule has 0 radical (unpaired) electrons. The molecule has 0 bridgehead atoms. The molecule has 0 spiro atoms. The average Bonchev–Trinajstić information content (AvgIpc) is 2.25. The van der Waals surface area contributed by atoms with Crippen LogP contribution in [-0.2, 0) is 6.42 Å². The van der Waals surface area contributed by atoms with E-state index in [2.05, 4.69) is 43.0 Å². The van der Waals surface area contributed by atoms with Crippen LogP contribution in [-0.4, -0.2) is 0 Å². The molecule has 0 atom stereocenters. The minimum absolute atomic E-state index is 1.17. The Labute approximate surface area is 87.0 Å². The van der Waals surface area contributed by atoms with E-state index in [0.717, 1.165) is 0 Å². The molecule has 74 valence electrons. The van der Waals surface area contributed by atoms with Gasteiger partial charge < -0.3 is 0 Å². The van der Waals surface area contributed by atoms with Crippen LogP contribution in [0.15, 0.2) is 55.1 Å². The first-order chi connectivity index (χ1) is 6.93. The van der Waals surface area contributed by atoms with E-state index in [9.17, 15) is 0 Å². The van der Waals surface area contributed by atoms with Gasteiger partial charge in [0.25, 0.3) is 0 Å². The van der Waals surface area contributed by atoms with Crippen molar-refractivity contribution in [1.82, 2.24) is 0 Å². The largest absolute Gasteiger partial charge is 0.0991 e. The molecule has 0 heteroatoms. The highest BCUT2D eigenvalue weighted by atomic mass is 14.0. The Bertz CT molecular complexity index is 269. The van der Waals surface area contributed by atoms with Crippen molar-refractivity contribution in [3.05, 3.63) is 60.7 Å². The fourth-order valence-corrected chi connectivity index (χ4v) is 1.43. The summed E-state index contributed by atoms with van der Waals surface area (Å²) in [6.45, 7) is 3.64. The molecule has 1 aromatic rings. The Morgan fingerprint density at radius 3 is 2.57 bits per heavy atom. The Balaban J connectivity index is 2.10. The Hall–Kier alpha value is -1.30. The Morgan fingerprint density at radius 1 is 1.07 bits per heavy atom. The monoisotopic (exact) mass is 186 g/mol. The van der Waals surface area contributed by atoms with Crippen LogP contribution in [0.3, 0.4) is 0 Å². The van der Waals surface area contributed by atoms with Gasteiger partial charge in [-0.1, -0.05) is 55.1 Å². The van der Waals surface area contributed by atoms with Crippen LogP contribution in [0.5, 0.6) is 0 Å². The van der Waals surface area contributed by atoms with Crippen molar-refractivity contribution in [3.8, 4) is 0 Å². The van der Waals surface area contributed by atoms with E-state index >= 15 is 0 Å². The second kappa shape index (κ2) is 7.14. The summed E-state index contributed by atoms with van der Waals surface area (Å²) in [6.07, 6.45) is 10.9. The number of unbranched alkanes of at least 4 members (excludes halogenated alkanes) is 2. The van der Waals surface area contributed by atoms with Gasteiger partial charge in [-0.3, -0.25) is 0 Å². The molecule has 0 amide bonds. The van der Waals surface area contributed by atoms with Gasteiger partial charge in [0.2, 0.25) is 0 Å². The average molecular weight is 186 g/mol. The second-order valence-corrected chi connectivity index (χ2v) is 3.40. The maximum absolute atomic E-state index is 3.64. The summed E-state index contributed by atoms with van der Waals surface area (Å²) < 4.78 is 0. The molecule has 0 aliphatic heterocycles. The zero-order valence-corrected chi connectivity index (χ0v) is 8.65. The van der Waals surface area contributed by atoms with Gasteiger partial charge in [-0.2, -0.15) is 0 Å². The van der Waals surface area contributed by atoms with Crippen LogP contribution in [0.25, 0.3) is 0 Å². The summed E-state index contributed by atoms with van der Waals surface area (Å²) in [7, 11) is 0. The smallest absolute Gasteiger partial charge is 0.0279 e. The minimum atomic E-state index is 1.17. The quantitative estimate of drug-likeness (QED) is 0.462. The van der Waals surface area contributed by atoms with Crippen molar-refractivity contribution in [2.45, 2.75) is 25.7 Å². The van der Waals surface area contributed by atoms with Crippen molar-refractivity contribution in [1.29, 1.82) is 0 Å². The first kappa shape index (κ1) is 10.8. The van der Waals surface area contributed by atoms with Crippen LogP contribution in [0.4, 0.5) is 0 Å². The van der Waals surface area contributed by atoms with Crippen molar-refractivity contribution in [2.75, 3.05) is 0 Å². The normalized spacial score (nSPS) is 10.6. The molecule has 0 heterocycles.